The molecule has 116 valence electrons. The summed E-state index contributed by atoms with van der Waals surface area (Å²) in [6, 6.07) is 6.16. The normalized spacial score (nSPS) is 14.0. The Morgan fingerprint density at radius 3 is 3.05 bits per heavy atom. The number of amides is 2. The number of hydrogen-bond acceptors (Lipinski definition) is 4. The maximum Gasteiger partial charge on any atom is 0.239 e. The summed E-state index contributed by atoms with van der Waals surface area (Å²) in [6.45, 7) is 0.109. The quantitative estimate of drug-likeness (QED) is 0.812. The van der Waals surface area contributed by atoms with Crippen LogP contribution in [0.2, 0.25) is 0 Å². The molecule has 0 radical (unpaired) electrons. The highest BCUT2D eigenvalue weighted by Gasteiger charge is 2.24. The van der Waals surface area contributed by atoms with E-state index in [1.54, 1.807) is 13.2 Å². The Kier molecular flexibility index (Phi) is 4.33. The number of hydrogen-bond donors (Lipinski definition) is 1. The van der Waals surface area contributed by atoms with Gasteiger partial charge in [-0.2, -0.15) is 0 Å². The van der Waals surface area contributed by atoms with Gasteiger partial charge in [0.1, 0.15) is 0 Å². The predicted octanol–water partition coefficient (Wildman–Crippen LogP) is 1.16. The molecule has 1 fully saturated rings. The molecule has 1 saturated carbocycles. The van der Waals surface area contributed by atoms with Crippen LogP contribution in [0.15, 0.2) is 35.7 Å². The third kappa shape index (κ3) is 3.59. The number of nitrogens with one attached hydrogen (secondary N) is 1. The van der Waals surface area contributed by atoms with Crippen LogP contribution in [0.1, 0.15) is 12.8 Å². The largest absolute Gasteiger partial charge is 0.352 e. The van der Waals surface area contributed by atoms with E-state index in [0.717, 1.165) is 23.5 Å². The van der Waals surface area contributed by atoms with Crippen LogP contribution in [0.5, 0.6) is 0 Å². The molecule has 1 aliphatic carbocycles. The molecule has 1 aliphatic rings. The summed E-state index contributed by atoms with van der Waals surface area (Å²) in [5.41, 5.74) is 0.995. The number of thioether (sulfide) groups is 1. The van der Waals surface area contributed by atoms with Gasteiger partial charge in [0.15, 0.2) is 5.16 Å². The lowest BCUT2D eigenvalue weighted by molar-refractivity contribution is -0.132. The predicted molar refractivity (Wildman–Crippen MR) is 84.7 cm³/mol. The van der Waals surface area contributed by atoms with Crippen LogP contribution in [-0.2, 0) is 9.59 Å². The zero-order chi connectivity index (χ0) is 15.5. The van der Waals surface area contributed by atoms with E-state index < -0.39 is 0 Å². The molecule has 3 rings (SSSR count). The van der Waals surface area contributed by atoms with Crippen molar-refractivity contribution < 1.29 is 9.59 Å². The first kappa shape index (κ1) is 14.9. The molecule has 2 heterocycles. The van der Waals surface area contributed by atoms with Crippen molar-refractivity contribution >= 4 is 29.1 Å². The van der Waals surface area contributed by atoms with Crippen LogP contribution >= 0.6 is 11.8 Å². The summed E-state index contributed by atoms with van der Waals surface area (Å²) in [5.74, 6) is 0.0968. The average Bonchev–Trinajstić information content (AvgIpc) is 3.22. The molecule has 0 unspecified atom stereocenters. The molecule has 0 bridgehead atoms. The van der Waals surface area contributed by atoms with Crippen molar-refractivity contribution in [1.82, 2.24) is 19.6 Å². The van der Waals surface area contributed by atoms with Gasteiger partial charge in [-0.1, -0.05) is 17.8 Å². The second-order valence-corrected chi connectivity index (χ2v) is 6.36. The Morgan fingerprint density at radius 1 is 1.45 bits per heavy atom. The van der Waals surface area contributed by atoms with Crippen LogP contribution in [-0.4, -0.2) is 51.5 Å². The molecule has 2 amide bonds. The summed E-state index contributed by atoms with van der Waals surface area (Å²) in [7, 11) is 1.65. The topological polar surface area (TPSA) is 66.7 Å². The maximum atomic E-state index is 12.1. The minimum absolute atomic E-state index is 0.0800. The Balaban J connectivity index is 1.51. The van der Waals surface area contributed by atoms with Crippen molar-refractivity contribution in [3.8, 4) is 0 Å². The fourth-order valence-corrected chi connectivity index (χ4v) is 2.97. The first-order valence-electron chi connectivity index (χ1n) is 7.21. The van der Waals surface area contributed by atoms with E-state index >= 15 is 0 Å². The van der Waals surface area contributed by atoms with E-state index in [1.807, 2.05) is 28.8 Å². The van der Waals surface area contributed by atoms with Gasteiger partial charge >= 0.3 is 0 Å². The number of carbonyl (C=O) groups excluding carboxylic acids is 2. The summed E-state index contributed by atoms with van der Waals surface area (Å²) in [6.07, 6.45) is 5.79. The van der Waals surface area contributed by atoms with Gasteiger partial charge < -0.3 is 10.2 Å². The molecule has 6 nitrogen and oxygen atoms in total. The van der Waals surface area contributed by atoms with E-state index in [2.05, 4.69) is 10.3 Å². The van der Waals surface area contributed by atoms with Gasteiger partial charge in [0.25, 0.3) is 0 Å². The number of aromatic nitrogens is 2. The molecular formula is C15H18N4O2S. The molecule has 0 spiro atoms. The average molecular weight is 318 g/mol. The minimum Gasteiger partial charge on any atom is -0.352 e. The summed E-state index contributed by atoms with van der Waals surface area (Å²) >= 11 is 1.38. The Bertz CT molecular complexity index is 696. The van der Waals surface area contributed by atoms with Gasteiger partial charge in [-0.15, -0.1) is 0 Å². The first-order valence-corrected chi connectivity index (χ1v) is 8.20. The second kappa shape index (κ2) is 6.39. The van der Waals surface area contributed by atoms with Crippen LogP contribution in [0, 0.1) is 0 Å². The van der Waals surface area contributed by atoms with E-state index in [9.17, 15) is 9.59 Å². The summed E-state index contributed by atoms with van der Waals surface area (Å²) < 4.78 is 1.94. The van der Waals surface area contributed by atoms with Crippen molar-refractivity contribution in [1.29, 1.82) is 0 Å². The molecular weight excluding hydrogens is 300 g/mol. The smallest absolute Gasteiger partial charge is 0.239 e. The summed E-state index contributed by atoms with van der Waals surface area (Å²) in [5, 5.41) is 3.65. The van der Waals surface area contributed by atoms with E-state index in [0.29, 0.717) is 6.04 Å². The van der Waals surface area contributed by atoms with Gasteiger partial charge in [0, 0.05) is 19.3 Å². The number of likely N-dealkylation sites (N-methyl/N-ethyl adjacent to an activating group) is 1. The molecule has 7 heteroatoms. The highest BCUT2D eigenvalue weighted by Crippen LogP contribution is 2.19. The number of rotatable bonds is 6. The fourth-order valence-electron chi connectivity index (χ4n) is 2.07. The number of nitrogens with zero attached hydrogens (tertiary/aromatic N) is 3. The number of fused-ring (bicyclic) bond motifs is 1. The van der Waals surface area contributed by atoms with Crippen molar-refractivity contribution in [2.75, 3.05) is 19.3 Å². The molecule has 0 aliphatic heterocycles. The fraction of sp³-hybridized carbons (Fsp3) is 0.400. The number of carbonyl (C=O) groups is 2. The maximum absolute atomic E-state index is 12.1. The van der Waals surface area contributed by atoms with Crippen LogP contribution in [0.4, 0.5) is 0 Å². The highest BCUT2D eigenvalue weighted by molar-refractivity contribution is 7.99. The van der Waals surface area contributed by atoms with Crippen molar-refractivity contribution in [2.45, 2.75) is 24.0 Å². The lowest BCUT2D eigenvalue weighted by Crippen LogP contribution is -2.39. The minimum atomic E-state index is -0.0883. The number of imidazole rings is 1. The highest BCUT2D eigenvalue weighted by atomic mass is 32.2. The van der Waals surface area contributed by atoms with Crippen molar-refractivity contribution in [3.05, 3.63) is 30.6 Å². The third-order valence-electron chi connectivity index (χ3n) is 3.48. The molecule has 2 aromatic heterocycles. The zero-order valence-electron chi connectivity index (χ0n) is 12.4. The molecule has 2 aromatic rings. The molecule has 0 saturated heterocycles. The van der Waals surface area contributed by atoms with Crippen molar-refractivity contribution in [3.63, 3.8) is 0 Å². The Hall–Kier alpha value is -2.02. The van der Waals surface area contributed by atoms with Gasteiger partial charge in [0.2, 0.25) is 11.8 Å². The molecule has 22 heavy (non-hydrogen) atoms. The second-order valence-electron chi connectivity index (χ2n) is 5.42. The monoisotopic (exact) mass is 318 g/mol. The standard InChI is InChI=1S/C15H18N4O2S/c1-18(9-13(20)17-11-5-6-11)14(21)10-22-15-16-8-12-4-2-3-7-19(12)15/h2-4,7-8,11H,5-6,9-10H2,1H3,(H,17,20). The van der Waals surface area contributed by atoms with Gasteiger partial charge in [-0.05, 0) is 25.0 Å². The van der Waals surface area contributed by atoms with Crippen molar-refractivity contribution in [2.24, 2.45) is 0 Å². The van der Waals surface area contributed by atoms with Crippen LogP contribution in [0.3, 0.4) is 0 Å². The van der Waals surface area contributed by atoms with E-state index in [4.69, 9.17) is 0 Å². The van der Waals surface area contributed by atoms with E-state index in [-0.39, 0.29) is 24.1 Å². The number of pyridine rings is 1. The zero-order valence-corrected chi connectivity index (χ0v) is 13.2. The third-order valence-corrected chi connectivity index (χ3v) is 4.43. The lowest BCUT2D eigenvalue weighted by atomic mass is 10.4. The Morgan fingerprint density at radius 2 is 2.27 bits per heavy atom. The SMILES string of the molecule is CN(CC(=O)NC1CC1)C(=O)CSc1ncc2ccccn12. The molecule has 0 atom stereocenters. The van der Waals surface area contributed by atoms with E-state index in [1.165, 1.54) is 16.7 Å². The van der Waals surface area contributed by atoms with Gasteiger partial charge in [-0.25, -0.2) is 4.98 Å². The van der Waals surface area contributed by atoms with Crippen LogP contribution in [0.25, 0.3) is 5.52 Å². The molecule has 0 aromatic carbocycles. The van der Waals surface area contributed by atoms with Gasteiger partial charge in [0.05, 0.1) is 24.0 Å². The lowest BCUT2D eigenvalue weighted by Gasteiger charge is -2.16. The first-order chi connectivity index (χ1) is 10.6. The molecule has 1 N–H and O–H groups in total. The van der Waals surface area contributed by atoms with Gasteiger partial charge in [-0.3, -0.25) is 14.0 Å². The summed E-state index contributed by atoms with van der Waals surface area (Å²) in [4.78, 5) is 29.6. The van der Waals surface area contributed by atoms with Crippen LogP contribution < -0.4 is 5.32 Å². The Labute approximate surface area is 132 Å².